The van der Waals surface area contributed by atoms with Crippen molar-refractivity contribution >= 4 is 46.4 Å². The van der Waals surface area contributed by atoms with Gasteiger partial charge in [0.2, 0.25) is 17.2 Å². The number of halogens is 8. The second-order valence-corrected chi connectivity index (χ2v) is 8.22. The lowest BCUT2D eigenvalue weighted by atomic mass is 9.72. The summed E-state index contributed by atoms with van der Waals surface area (Å²) in [5.74, 6) is -1.22. The van der Waals surface area contributed by atoms with Gasteiger partial charge in [-0.15, -0.1) is 0 Å². The Morgan fingerprint density at radius 3 is 1.21 bits per heavy atom. The Morgan fingerprint density at radius 2 is 1.00 bits per heavy atom. The zero-order valence-corrected chi connectivity index (χ0v) is 19.2. The van der Waals surface area contributed by atoms with E-state index in [4.69, 9.17) is 23.2 Å². The first kappa shape index (κ1) is 26.8. The van der Waals surface area contributed by atoms with Gasteiger partial charge in [0.15, 0.2) is 0 Å². The van der Waals surface area contributed by atoms with Gasteiger partial charge < -0.3 is 10.6 Å². The van der Waals surface area contributed by atoms with Gasteiger partial charge in [0.25, 0.3) is 0 Å². The van der Waals surface area contributed by atoms with Crippen LogP contribution in [0.5, 0.6) is 0 Å². The molecule has 2 N–H and O–H groups in total. The van der Waals surface area contributed by atoms with Crippen molar-refractivity contribution in [3.63, 3.8) is 0 Å². The first-order chi connectivity index (χ1) is 14.9. The van der Waals surface area contributed by atoms with Gasteiger partial charge in [-0.05, 0) is 48.2 Å². The highest BCUT2D eigenvalue weighted by Gasteiger charge is 2.72. The molecule has 2 aromatic carbocycles. The van der Waals surface area contributed by atoms with Crippen LogP contribution in [0.4, 0.5) is 37.7 Å². The fourth-order valence-corrected chi connectivity index (χ4v) is 4.20. The van der Waals surface area contributed by atoms with Crippen LogP contribution in [0.25, 0.3) is 0 Å². The largest absolute Gasteiger partial charge is 0.411 e. The number of alkyl halides is 6. The Hall–Kier alpha value is -2.46. The molecule has 0 saturated heterocycles. The lowest BCUT2D eigenvalue weighted by Crippen LogP contribution is -2.55. The zero-order chi connectivity index (χ0) is 25.5. The number of benzene rings is 2. The highest BCUT2D eigenvalue weighted by atomic mass is 35.5. The highest BCUT2D eigenvalue weighted by Crippen LogP contribution is 2.57. The average molecular weight is 515 g/mol. The minimum Gasteiger partial charge on any atom is -0.325 e. The standard InChI is InChI=1S/C21H18Cl2F6N2O2/c1-9-5-13(7-15(22)17(9)30-11(3)32)19(20(24,25)26,21(27,28)29)14-6-10(2)18(16(23)8-14)31-12(4)33/h5-8H,1-4H3,(H,30,32)(H,31,33). The van der Waals surface area contributed by atoms with Crippen LogP contribution in [0, 0.1) is 13.8 Å². The van der Waals surface area contributed by atoms with E-state index in [-0.39, 0.29) is 22.5 Å². The third kappa shape index (κ3) is 4.91. The minimum atomic E-state index is -5.87. The van der Waals surface area contributed by atoms with Crippen LogP contribution >= 0.6 is 23.2 Å². The summed E-state index contributed by atoms with van der Waals surface area (Å²) in [4.78, 5) is 22.7. The Kier molecular flexibility index (Phi) is 7.35. The van der Waals surface area contributed by atoms with E-state index in [1.54, 1.807) is 0 Å². The molecule has 2 rings (SSSR count). The molecule has 0 unspecified atom stereocenters. The van der Waals surface area contributed by atoms with Crippen molar-refractivity contribution in [2.75, 3.05) is 10.6 Å². The van der Waals surface area contributed by atoms with Crippen LogP contribution in [0.3, 0.4) is 0 Å². The van der Waals surface area contributed by atoms with Gasteiger partial charge in [-0.3, -0.25) is 9.59 Å². The molecule has 0 aliphatic carbocycles. The third-order valence-electron chi connectivity index (χ3n) is 4.89. The lowest BCUT2D eigenvalue weighted by Gasteiger charge is -2.39. The number of carbonyl (C=O) groups is 2. The van der Waals surface area contributed by atoms with Gasteiger partial charge in [0, 0.05) is 13.8 Å². The van der Waals surface area contributed by atoms with Crippen molar-refractivity contribution < 1.29 is 35.9 Å². The molecule has 0 spiro atoms. The van der Waals surface area contributed by atoms with E-state index < -0.39 is 50.8 Å². The van der Waals surface area contributed by atoms with Crippen LogP contribution in [0.2, 0.25) is 10.0 Å². The maximum Gasteiger partial charge on any atom is 0.411 e. The van der Waals surface area contributed by atoms with Gasteiger partial charge in [0.1, 0.15) is 0 Å². The molecule has 0 aromatic heterocycles. The Labute approximate surface area is 195 Å². The van der Waals surface area contributed by atoms with Crippen molar-refractivity contribution in [2.45, 2.75) is 45.5 Å². The molecule has 0 aliphatic heterocycles. The van der Waals surface area contributed by atoms with Gasteiger partial charge in [0.05, 0.1) is 21.4 Å². The lowest BCUT2D eigenvalue weighted by molar-refractivity contribution is -0.288. The van der Waals surface area contributed by atoms with Crippen LogP contribution < -0.4 is 10.6 Å². The second-order valence-electron chi connectivity index (χ2n) is 7.41. The summed E-state index contributed by atoms with van der Waals surface area (Å²) in [6.07, 6.45) is -11.7. The molecule has 0 bridgehead atoms. The van der Waals surface area contributed by atoms with Gasteiger partial charge in [-0.2, -0.15) is 26.3 Å². The third-order valence-corrected chi connectivity index (χ3v) is 5.49. The van der Waals surface area contributed by atoms with E-state index in [2.05, 4.69) is 10.6 Å². The van der Waals surface area contributed by atoms with Crippen LogP contribution in [0.15, 0.2) is 24.3 Å². The summed E-state index contributed by atoms with van der Waals surface area (Å²) < 4.78 is 86.7. The second kappa shape index (κ2) is 9.06. The fourth-order valence-electron chi connectivity index (χ4n) is 3.57. The summed E-state index contributed by atoms with van der Waals surface area (Å²) in [7, 11) is 0. The first-order valence-electron chi connectivity index (χ1n) is 9.23. The van der Waals surface area contributed by atoms with Crippen molar-refractivity contribution in [1.82, 2.24) is 0 Å². The molecular formula is C21H18Cl2F6N2O2. The molecule has 4 nitrogen and oxygen atoms in total. The topological polar surface area (TPSA) is 58.2 Å². The molecule has 12 heteroatoms. The first-order valence-corrected chi connectivity index (χ1v) is 9.99. The number of hydrogen-bond donors (Lipinski definition) is 2. The van der Waals surface area contributed by atoms with Crippen molar-refractivity contribution in [3.8, 4) is 0 Å². The van der Waals surface area contributed by atoms with E-state index >= 15 is 0 Å². The molecule has 0 heterocycles. The van der Waals surface area contributed by atoms with Crippen LogP contribution in [0.1, 0.15) is 36.1 Å². The van der Waals surface area contributed by atoms with Crippen LogP contribution in [-0.4, -0.2) is 24.2 Å². The molecule has 180 valence electrons. The van der Waals surface area contributed by atoms with E-state index in [0.717, 1.165) is 13.8 Å². The van der Waals surface area contributed by atoms with E-state index in [1.807, 2.05) is 0 Å². The van der Waals surface area contributed by atoms with E-state index in [9.17, 15) is 35.9 Å². The van der Waals surface area contributed by atoms with Crippen molar-refractivity contribution in [1.29, 1.82) is 0 Å². The normalized spacial score (nSPS) is 12.5. The Bertz CT molecular complexity index is 979. The average Bonchev–Trinajstić information content (AvgIpc) is 2.59. The fraction of sp³-hybridized carbons (Fsp3) is 0.333. The molecule has 0 aliphatic rings. The van der Waals surface area contributed by atoms with E-state index in [1.165, 1.54) is 13.8 Å². The van der Waals surface area contributed by atoms with Gasteiger partial charge in [-0.1, -0.05) is 35.3 Å². The summed E-state index contributed by atoms with van der Waals surface area (Å²) in [5, 5.41) is 3.57. The molecule has 0 atom stereocenters. The molecule has 33 heavy (non-hydrogen) atoms. The molecular weight excluding hydrogens is 497 g/mol. The molecule has 2 aromatic rings. The maximum absolute atomic E-state index is 14.4. The predicted molar refractivity (Wildman–Crippen MR) is 114 cm³/mol. The number of rotatable bonds is 4. The highest BCUT2D eigenvalue weighted by molar-refractivity contribution is 6.34. The monoisotopic (exact) mass is 514 g/mol. The van der Waals surface area contributed by atoms with Crippen LogP contribution in [-0.2, 0) is 15.0 Å². The molecule has 0 radical (unpaired) electrons. The summed E-state index contributed by atoms with van der Waals surface area (Å²) in [5.41, 5.74) is -7.36. The van der Waals surface area contributed by atoms with E-state index in [0.29, 0.717) is 24.3 Å². The Morgan fingerprint density at radius 1 is 0.697 bits per heavy atom. The number of anilines is 2. The smallest absolute Gasteiger partial charge is 0.325 e. The van der Waals surface area contributed by atoms with Gasteiger partial charge in [-0.25, -0.2) is 0 Å². The number of aryl methyl sites for hydroxylation is 2. The SMILES string of the molecule is CC(=O)Nc1c(C)cc(C(c2cc(C)c(NC(C)=O)c(Cl)c2)(C(F)(F)F)C(F)(F)F)cc1Cl. The quantitative estimate of drug-likeness (QED) is 0.434. The number of carbonyl (C=O) groups excluding carboxylic acids is 2. The Balaban J connectivity index is 2.98. The summed E-state index contributed by atoms with van der Waals surface area (Å²) >= 11 is 12.0. The van der Waals surface area contributed by atoms with Crippen molar-refractivity contribution in [3.05, 3.63) is 56.6 Å². The predicted octanol–water partition coefficient (Wildman–Crippen LogP) is 6.94. The molecule has 0 saturated carbocycles. The zero-order valence-electron chi connectivity index (χ0n) is 17.6. The molecule has 0 fully saturated rings. The van der Waals surface area contributed by atoms with Gasteiger partial charge >= 0.3 is 12.4 Å². The molecule has 2 amide bonds. The number of amides is 2. The van der Waals surface area contributed by atoms with Crippen molar-refractivity contribution in [2.24, 2.45) is 0 Å². The number of nitrogens with one attached hydrogen (secondary N) is 2. The number of hydrogen-bond acceptors (Lipinski definition) is 2. The summed E-state index contributed by atoms with van der Waals surface area (Å²) in [6, 6.07) is 2.38. The maximum atomic E-state index is 14.4. The minimum absolute atomic E-state index is 0.108. The summed E-state index contributed by atoms with van der Waals surface area (Å²) in [6.45, 7) is 4.66.